The topological polar surface area (TPSA) is 78.4 Å². The molecule has 1 saturated carbocycles. The van der Waals surface area contributed by atoms with Crippen LogP contribution in [0.25, 0.3) is 0 Å². The first-order chi connectivity index (χ1) is 9.29. The fourth-order valence-electron chi connectivity index (χ4n) is 2.94. The molecule has 0 saturated heterocycles. The van der Waals surface area contributed by atoms with E-state index >= 15 is 0 Å². The Morgan fingerprint density at radius 3 is 2.40 bits per heavy atom. The van der Waals surface area contributed by atoms with Gasteiger partial charge < -0.3 is 15.7 Å². The van der Waals surface area contributed by atoms with Gasteiger partial charge in [-0.25, -0.2) is 9.59 Å². The van der Waals surface area contributed by atoms with E-state index in [1.54, 1.807) is 0 Å². The third-order valence-electron chi connectivity index (χ3n) is 4.06. The molecule has 5 heteroatoms. The molecule has 20 heavy (non-hydrogen) atoms. The number of carboxylic acids is 1. The van der Waals surface area contributed by atoms with Gasteiger partial charge in [0.1, 0.15) is 6.04 Å². The zero-order chi connectivity index (χ0) is 15.3. The molecule has 1 aliphatic rings. The Hall–Kier alpha value is -1.26. The molecule has 4 atom stereocenters. The standard InChI is InChI=1S/C15H28N2O3/c1-9(2)7-13(14(18)19)17-15(20)16-12-6-5-10(3)8-11(12)4/h9-13H,5-8H2,1-4H3,(H,18,19)(H2,16,17,20). The van der Waals surface area contributed by atoms with Crippen LogP contribution >= 0.6 is 0 Å². The molecule has 1 aliphatic carbocycles. The van der Waals surface area contributed by atoms with E-state index in [0.29, 0.717) is 18.3 Å². The van der Waals surface area contributed by atoms with Crippen LogP contribution in [-0.4, -0.2) is 29.2 Å². The summed E-state index contributed by atoms with van der Waals surface area (Å²) in [6.07, 6.45) is 3.64. The number of rotatable bonds is 5. The van der Waals surface area contributed by atoms with E-state index in [0.717, 1.165) is 19.3 Å². The third kappa shape index (κ3) is 5.39. The van der Waals surface area contributed by atoms with Gasteiger partial charge in [-0.05, 0) is 43.4 Å². The van der Waals surface area contributed by atoms with Crippen LogP contribution in [-0.2, 0) is 4.79 Å². The summed E-state index contributed by atoms with van der Waals surface area (Å²) in [6.45, 7) is 8.26. The highest BCUT2D eigenvalue weighted by atomic mass is 16.4. The Balaban J connectivity index is 2.47. The Kier molecular flexibility index (Phi) is 6.30. The van der Waals surface area contributed by atoms with Crippen LogP contribution in [0.5, 0.6) is 0 Å². The average molecular weight is 284 g/mol. The predicted molar refractivity (Wildman–Crippen MR) is 78.5 cm³/mol. The number of carbonyl (C=O) groups is 2. The monoisotopic (exact) mass is 284 g/mol. The van der Waals surface area contributed by atoms with Gasteiger partial charge in [-0.3, -0.25) is 0 Å². The van der Waals surface area contributed by atoms with Gasteiger partial charge in [-0.1, -0.05) is 27.7 Å². The maximum absolute atomic E-state index is 11.9. The van der Waals surface area contributed by atoms with Gasteiger partial charge in [0, 0.05) is 6.04 Å². The molecule has 0 aliphatic heterocycles. The number of hydrogen-bond donors (Lipinski definition) is 3. The Bertz CT molecular complexity index is 344. The van der Waals surface area contributed by atoms with E-state index in [9.17, 15) is 9.59 Å². The molecule has 1 fully saturated rings. The fourth-order valence-corrected chi connectivity index (χ4v) is 2.94. The van der Waals surface area contributed by atoms with E-state index in [1.807, 2.05) is 13.8 Å². The Labute approximate surface area is 121 Å². The van der Waals surface area contributed by atoms with Crippen molar-refractivity contribution in [2.45, 2.75) is 65.5 Å². The highest BCUT2D eigenvalue weighted by Gasteiger charge is 2.28. The minimum absolute atomic E-state index is 0.152. The molecule has 0 aromatic rings. The molecule has 116 valence electrons. The van der Waals surface area contributed by atoms with E-state index in [4.69, 9.17) is 5.11 Å². The summed E-state index contributed by atoms with van der Waals surface area (Å²) in [5.41, 5.74) is 0. The molecule has 0 aromatic carbocycles. The van der Waals surface area contributed by atoms with Crippen molar-refractivity contribution < 1.29 is 14.7 Å². The second-order valence-electron chi connectivity index (χ2n) is 6.64. The highest BCUT2D eigenvalue weighted by Crippen LogP contribution is 2.28. The lowest BCUT2D eigenvalue weighted by molar-refractivity contribution is -0.139. The Morgan fingerprint density at radius 2 is 1.90 bits per heavy atom. The lowest BCUT2D eigenvalue weighted by Crippen LogP contribution is -2.51. The average Bonchev–Trinajstić information content (AvgIpc) is 2.31. The van der Waals surface area contributed by atoms with Gasteiger partial charge in [-0.2, -0.15) is 0 Å². The molecule has 0 heterocycles. The van der Waals surface area contributed by atoms with Gasteiger partial charge in [0.25, 0.3) is 0 Å². The van der Waals surface area contributed by atoms with Crippen molar-refractivity contribution in [3.63, 3.8) is 0 Å². The molecule has 0 bridgehead atoms. The normalized spacial score (nSPS) is 27.9. The maximum Gasteiger partial charge on any atom is 0.326 e. The van der Waals surface area contributed by atoms with Crippen LogP contribution in [0.4, 0.5) is 4.79 Å². The minimum Gasteiger partial charge on any atom is -0.480 e. The molecule has 0 aromatic heterocycles. The summed E-state index contributed by atoms with van der Waals surface area (Å²) >= 11 is 0. The molecule has 0 radical (unpaired) electrons. The van der Waals surface area contributed by atoms with Gasteiger partial charge >= 0.3 is 12.0 Å². The predicted octanol–water partition coefficient (Wildman–Crippen LogP) is 2.61. The van der Waals surface area contributed by atoms with Crippen LogP contribution in [0.2, 0.25) is 0 Å². The zero-order valence-electron chi connectivity index (χ0n) is 13.0. The summed E-state index contributed by atoms with van der Waals surface area (Å²) in [4.78, 5) is 23.1. The minimum atomic E-state index is -0.973. The number of urea groups is 1. The maximum atomic E-state index is 11.9. The summed E-state index contributed by atoms with van der Waals surface area (Å²) in [6, 6.07) is -1.02. The quantitative estimate of drug-likeness (QED) is 0.726. The summed E-state index contributed by atoms with van der Waals surface area (Å²) in [5.74, 6) is 0.404. The first-order valence-corrected chi connectivity index (χ1v) is 7.59. The molecule has 4 unspecified atom stereocenters. The van der Waals surface area contributed by atoms with Crippen LogP contribution in [0.3, 0.4) is 0 Å². The molecule has 3 N–H and O–H groups in total. The second-order valence-corrected chi connectivity index (χ2v) is 6.64. The first kappa shape index (κ1) is 16.8. The molecule has 0 spiro atoms. The van der Waals surface area contributed by atoms with Crippen molar-refractivity contribution >= 4 is 12.0 Å². The van der Waals surface area contributed by atoms with Crippen molar-refractivity contribution in [3.8, 4) is 0 Å². The summed E-state index contributed by atoms with van der Waals surface area (Å²) < 4.78 is 0. The van der Waals surface area contributed by atoms with E-state index in [1.165, 1.54) is 0 Å². The SMILES string of the molecule is CC(C)CC(NC(=O)NC1CCC(C)CC1C)C(=O)O. The number of aliphatic carboxylic acids is 1. The van der Waals surface area contributed by atoms with Crippen molar-refractivity contribution in [1.82, 2.24) is 10.6 Å². The van der Waals surface area contributed by atoms with Crippen molar-refractivity contribution in [3.05, 3.63) is 0 Å². The summed E-state index contributed by atoms with van der Waals surface area (Å²) in [7, 11) is 0. The van der Waals surface area contributed by atoms with E-state index in [-0.39, 0.29) is 18.0 Å². The van der Waals surface area contributed by atoms with Crippen LogP contribution < -0.4 is 10.6 Å². The number of carbonyl (C=O) groups excluding carboxylic acids is 1. The lowest BCUT2D eigenvalue weighted by Gasteiger charge is -2.33. The lowest BCUT2D eigenvalue weighted by atomic mass is 9.80. The fraction of sp³-hybridized carbons (Fsp3) is 0.867. The highest BCUT2D eigenvalue weighted by molar-refractivity contribution is 5.82. The van der Waals surface area contributed by atoms with E-state index < -0.39 is 12.0 Å². The van der Waals surface area contributed by atoms with Crippen LogP contribution in [0, 0.1) is 17.8 Å². The molecular weight excluding hydrogens is 256 g/mol. The van der Waals surface area contributed by atoms with Crippen LogP contribution in [0.15, 0.2) is 0 Å². The number of amides is 2. The van der Waals surface area contributed by atoms with Gasteiger partial charge in [-0.15, -0.1) is 0 Å². The van der Waals surface area contributed by atoms with Crippen molar-refractivity contribution in [1.29, 1.82) is 0 Å². The first-order valence-electron chi connectivity index (χ1n) is 7.59. The molecular formula is C15H28N2O3. The number of hydrogen-bond acceptors (Lipinski definition) is 2. The number of carboxylic acid groups (broad SMARTS) is 1. The second kappa shape index (κ2) is 7.50. The van der Waals surface area contributed by atoms with Crippen molar-refractivity contribution in [2.24, 2.45) is 17.8 Å². The largest absolute Gasteiger partial charge is 0.480 e. The van der Waals surface area contributed by atoms with Gasteiger partial charge in [0.2, 0.25) is 0 Å². The van der Waals surface area contributed by atoms with Crippen molar-refractivity contribution in [2.75, 3.05) is 0 Å². The smallest absolute Gasteiger partial charge is 0.326 e. The van der Waals surface area contributed by atoms with Crippen LogP contribution in [0.1, 0.15) is 53.4 Å². The van der Waals surface area contributed by atoms with Gasteiger partial charge in [0.15, 0.2) is 0 Å². The molecule has 1 rings (SSSR count). The van der Waals surface area contributed by atoms with Gasteiger partial charge in [0.05, 0.1) is 0 Å². The number of nitrogens with one attached hydrogen (secondary N) is 2. The third-order valence-corrected chi connectivity index (χ3v) is 4.06. The molecule has 5 nitrogen and oxygen atoms in total. The van der Waals surface area contributed by atoms with E-state index in [2.05, 4.69) is 24.5 Å². The summed E-state index contributed by atoms with van der Waals surface area (Å²) in [5, 5.41) is 14.6. The molecule has 2 amide bonds. The zero-order valence-corrected chi connectivity index (χ0v) is 13.0. The Morgan fingerprint density at radius 1 is 1.25 bits per heavy atom.